The van der Waals surface area contributed by atoms with Gasteiger partial charge in [0.2, 0.25) is 0 Å². The molecule has 172 valence electrons. The van der Waals surface area contributed by atoms with Gasteiger partial charge in [-0.2, -0.15) is 0 Å². The smallest absolute Gasteiger partial charge is 0.261 e. The minimum absolute atomic E-state index is 0.181. The maximum absolute atomic E-state index is 13.2. The van der Waals surface area contributed by atoms with Gasteiger partial charge < -0.3 is 5.32 Å². The molecule has 0 aromatic heterocycles. The molecule has 2 N–H and O–H groups in total. The van der Waals surface area contributed by atoms with Gasteiger partial charge >= 0.3 is 0 Å². The number of sulfonamides is 1. The summed E-state index contributed by atoms with van der Waals surface area (Å²) in [7, 11) is -3.72. The Morgan fingerprint density at radius 3 is 2.00 bits per heavy atom. The van der Waals surface area contributed by atoms with E-state index in [4.69, 9.17) is 0 Å². The average Bonchev–Trinajstić information content (AvgIpc) is 2.85. The van der Waals surface area contributed by atoms with Crippen molar-refractivity contribution in [2.45, 2.75) is 24.8 Å². The van der Waals surface area contributed by atoms with Crippen LogP contribution in [0.3, 0.4) is 0 Å². The van der Waals surface area contributed by atoms with Crippen molar-refractivity contribution >= 4 is 21.6 Å². The van der Waals surface area contributed by atoms with Crippen LogP contribution in [0.25, 0.3) is 0 Å². The van der Waals surface area contributed by atoms with Crippen molar-refractivity contribution in [1.29, 1.82) is 0 Å². The van der Waals surface area contributed by atoms with Gasteiger partial charge in [0.1, 0.15) is 0 Å². The lowest BCUT2D eigenvalue weighted by Crippen LogP contribution is -2.30. The minimum atomic E-state index is -3.72. The molecule has 0 saturated carbocycles. The Hall–Kier alpha value is -3.90. The lowest BCUT2D eigenvalue weighted by molar-refractivity contribution is 0.0943. The number of hydrogen-bond acceptors (Lipinski definition) is 3. The number of rotatable bonds is 7. The van der Waals surface area contributed by atoms with E-state index in [9.17, 15) is 13.2 Å². The van der Waals surface area contributed by atoms with Crippen LogP contribution in [0, 0.1) is 13.8 Å². The van der Waals surface area contributed by atoms with Gasteiger partial charge in [0.25, 0.3) is 15.9 Å². The van der Waals surface area contributed by atoms with Crippen molar-refractivity contribution in [3.05, 3.63) is 131 Å². The molecule has 4 rings (SSSR count). The number of hydrogen-bond donors (Lipinski definition) is 2. The van der Waals surface area contributed by atoms with E-state index >= 15 is 0 Å². The summed E-state index contributed by atoms with van der Waals surface area (Å²) in [6, 6.07) is 30.6. The number of anilines is 1. The van der Waals surface area contributed by atoms with Crippen molar-refractivity contribution < 1.29 is 13.2 Å². The first-order valence-corrected chi connectivity index (χ1v) is 12.4. The van der Waals surface area contributed by atoms with E-state index < -0.39 is 10.0 Å². The van der Waals surface area contributed by atoms with Crippen LogP contribution < -0.4 is 10.0 Å². The summed E-state index contributed by atoms with van der Waals surface area (Å²) in [5.74, 6) is -0.238. The van der Waals surface area contributed by atoms with E-state index in [1.165, 1.54) is 12.1 Å². The molecule has 0 fully saturated rings. The van der Waals surface area contributed by atoms with Gasteiger partial charge in [-0.3, -0.25) is 9.52 Å². The molecule has 4 aromatic rings. The number of carbonyl (C=O) groups is 1. The summed E-state index contributed by atoms with van der Waals surface area (Å²) < 4.78 is 28.0. The standard InChI is InChI=1S/C28H26N2O3S/c1-20-11-9-10-16-25(20)27(22-12-5-3-6-13-22)29-28(31)23-17-18-26(21(2)19-23)30-34(32,33)24-14-7-4-8-15-24/h3-19,27,30H,1-2H3,(H,29,31). The fraction of sp³-hybridized carbons (Fsp3) is 0.107. The fourth-order valence-corrected chi connectivity index (χ4v) is 4.99. The number of aryl methyl sites for hydroxylation is 2. The monoisotopic (exact) mass is 470 g/mol. The first kappa shape index (κ1) is 23.3. The minimum Gasteiger partial charge on any atom is -0.341 e. The van der Waals surface area contributed by atoms with Crippen molar-refractivity contribution in [3.63, 3.8) is 0 Å². The van der Waals surface area contributed by atoms with Crippen molar-refractivity contribution in [2.24, 2.45) is 0 Å². The second-order valence-corrected chi connectivity index (χ2v) is 9.80. The molecule has 0 spiro atoms. The molecule has 5 nitrogen and oxygen atoms in total. The Kier molecular flexibility index (Phi) is 6.80. The highest BCUT2D eigenvalue weighted by Gasteiger charge is 2.20. The van der Waals surface area contributed by atoms with Gasteiger partial charge in [-0.25, -0.2) is 8.42 Å². The van der Waals surface area contributed by atoms with Crippen LogP contribution in [0.2, 0.25) is 0 Å². The molecule has 4 aromatic carbocycles. The van der Waals surface area contributed by atoms with Crippen molar-refractivity contribution in [3.8, 4) is 0 Å². The van der Waals surface area contributed by atoms with Gasteiger partial charge in [-0.05, 0) is 66.4 Å². The quantitative estimate of drug-likeness (QED) is 0.368. The molecular weight excluding hydrogens is 444 g/mol. The molecular formula is C28H26N2O3S. The third-order valence-corrected chi connectivity index (χ3v) is 7.08. The predicted molar refractivity (Wildman–Crippen MR) is 135 cm³/mol. The van der Waals surface area contributed by atoms with Gasteiger partial charge in [0, 0.05) is 5.56 Å². The maximum atomic E-state index is 13.2. The zero-order valence-corrected chi connectivity index (χ0v) is 19.8. The van der Waals surface area contributed by atoms with Crippen LogP contribution in [0.4, 0.5) is 5.69 Å². The Morgan fingerprint density at radius 2 is 1.35 bits per heavy atom. The van der Waals surface area contributed by atoms with Gasteiger partial charge in [0.15, 0.2) is 0 Å². The highest BCUT2D eigenvalue weighted by molar-refractivity contribution is 7.92. The highest BCUT2D eigenvalue weighted by atomic mass is 32.2. The highest BCUT2D eigenvalue weighted by Crippen LogP contribution is 2.26. The van der Waals surface area contributed by atoms with Crippen LogP contribution in [-0.2, 0) is 10.0 Å². The molecule has 0 aliphatic rings. The van der Waals surface area contributed by atoms with Gasteiger partial charge in [-0.15, -0.1) is 0 Å². The van der Waals surface area contributed by atoms with Gasteiger partial charge in [-0.1, -0.05) is 72.8 Å². The molecule has 0 bridgehead atoms. The topological polar surface area (TPSA) is 75.3 Å². The molecule has 0 radical (unpaired) electrons. The number of benzene rings is 4. The molecule has 0 heterocycles. The van der Waals surface area contributed by atoms with Crippen LogP contribution >= 0.6 is 0 Å². The second kappa shape index (κ2) is 9.93. The summed E-state index contributed by atoms with van der Waals surface area (Å²) in [6.07, 6.45) is 0. The van der Waals surface area contributed by atoms with E-state index in [1.54, 1.807) is 43.3 Å². The molecule has 0 aliphatic heterocycles. The van der Waals surface area contributed by atoms with Crippen LogP contribution in [-0.4, -0.2) is 14.3 Å². The van der Waals surface area contributed by atoms with Crippen LogP contribution in [0.15, 0.2) is 108 Å². The summed E-state index contributed by atoms with van der Waals surface area (Å²) in [5, 5.41) is 3.15. The van der Waals surface area contributed by atoms with Crippen molar-refractivity contribution in [1.82, 2.24) is 5.32 Å². The molecule has 34 heavy (non-hydrogen) atoms. The third-order valence-electron chi connectivity index (χ3n) is 5.69. The van der Waals surface area contributed by atoms with E-state index in [0.29, 0.717) is 16.8 Å². The lowest BCUT2D eigenvalue weighted by Gasteiger charge is -2.22. The van der Waals surface area contributed by atoms with Crippen molar-refractivity contribution in [2.75, 3.05) is 4.72 Å². The zero-order valence-electron chi connectivity index (χ0n) is 19.0. The second-order valence-electron chi connectivity index (χ2n) is 8.12. The first-order valence-electron chi connectivity index (χ1n) is 10.9. The Bertz CT molecular complexity index is 1400. The Labute approximate surface area is 200 Å². The maximum Gasteiger partial charge on any atom is 0.261 e. The van der Waals surface area contributed by atoms with E-state index in [-0.39, 0.29) is 16.8 Å². The molecule has 1 unspecified atom stereocenters. The molecule has 1 amide bonds. The van der Waals surface area contributed by atoms with E-state index in [1.807, 2.05) is 61.5 Å². The molecule has 0 aliphatic carbocycles. The third kappa shape index (κ3) is 5.18. The molecule has 1 atom stereocenters. The Balaban J connectivity index is 1.59. The average molecular weight is 471 g/mol. The summed E-state index contributed by atoms with van der Waals surface area (Å²) >= 11 is 0. The van der Waals surface area contributed by atoms with E-state index in [0.717, 1.165) is 16.7 Å². The largest absolute Gasteiger partial charge is 0.341 e. The fourth-order valence-electron chi connectivity index (χ4n) is 3.83. The number of amides is 1. The first-order chi connectivity index (χ1) is 16.3. The normalized spacial score (nSPS) is 12.1. The summed E-state index contributed by atoms with van der Waals surface area (Å²) in [6.45, 7) is 3.80. The number of nitrogens with one attached hydrogen (secondary N) is 2. The lowest BCUT2D eigenvalue weighted by atomic mass is 9.94. The summed E-state index contributed by atoms with van der Waals surface area (Å²) in [4.78, 5) is 13.4. The number of carbonyl (C=O) groups excluding carboxylic acids is 1. The van der Waals surface area contributed by atoms with E-state index in [2.05, 4.69) is 10.0 Å². The Morgan fingerprint density at radius 1 is 0.735 bits per heavy atom. The SMILES string of the molecule is Cc1cc(C(=O)NC(c2ccccc2)c2ccccc2C)ccc1NS(=O)(=O)c1ccccc1. The van der Waals surface area contributed by atoms with Crippen LogP contribution in [0.5, 0.6) is 0 Å². The van der Waals surface area contributed by atoms with Gasteiger partial charge in [0.05, 0.1) is 16.6 Å². The zero-order chi connectivity index (χ0) is 24.1. The van der Waals surface area contributed by atoms with Crippen LogP contribution in [0.1, 0.15) is 38.7 Å². The summed E-state index contributed by atoms with van der Waals surface area (Å²) in [5.41, 5.74) is 4.62. The molecule has 6 heteroatoms. The molecule has 0 saturated heterocycles. The predicted octanol–water partition coefficient (Wildman–Crippen LogP) is 5.62.